The predicted molar refractivity (Wildman–Crippen MR) is 157 cm³/mol. The molecule has 1 aliphatic rings. The Hall–Kier alpha value is -3.91. The van der Waals surface area contributed by atoms with Gasteiger partial charge in [-0.1, -0.05) is 84.4 Å². The summed E-state index contributed by atoms with van der Waals surface area (Å²) < 4.78 is 5.69. The van der Waals surface area contributed by atoms with Gasteiger partial charge in [-0.05, 0) is 42.2 Å². The van der Waals surface area contributed by atoms with Crippen molar-refractivity contribution >= 4 is 23.5 Å². The lowest BCUT2D eigenvalue weighted by atomic mass is 9.80. The number of halogens is 1. The van der Waals surface area contributed by atoms with E-state index in [4.69, 9.17) is 22.1 Å². The van der Waals surface area contributed by atoms with Gasteiger partial charge in [0.2, 0.25) is 5.91 Å². The van der Waals surface area contributed by atoms with E-state index in [9.17, 15) is 14.7 Å². The third-order valence-electron chi connectivity index (χ3n) is 6.93. The summed E-state index contributed by atoms with van der Waals surface area (Å²) in [6.45, 7) is 2.76. The molecule has 1 heterocycles. The van der Waals surface area contributed by atoms with E-state index in [0.717, 1.165) is 11.1 Å². The van der Waals surface area contributed by atoms with Gasteiger partial charge in [-0.25, -0.2) is 4.79 Å². The summed E-state index contributed by atoms with van der Waals surface area (Å²) in [5, 5.41) is 16.8. The molecule has 3 aromatic carbocycles. The maximum atomic E-state index is 13.9. The van der Waals surface area contributed by atoms with Crippen LogP contribution in [0.25, 0.3) is 0 Å². The summed E-state index contributed by atoms with van der Waals surface area (Å²) in [5.74, 6) is -2.24. The van der Waals surface area contributed by atoms with Crippen molar-refractivity contribution in [2.24, 2.45) is 5.73 Å². The third-order valence-corrected chi connectivity index (χ3v) is 7.17. The predicted octanol–water partition coefficient (Wildman–Crippen LogP) is 4.95. The van der Waals surface area contributed by atoms with E-state index < -0.39 is 11.9 Å². The van der Waals surface area contributed by atoms with Crippen molar-refractivity contribution in [1.29, 1.82) is 0 Å². The van der Waals surface area contributed by atoms with Gasteiger partial charge in [0, 0.05) is 29.7 Å². The molecule has 208 valence electrons. The summed E-state index contributed by atoms with van der Waals surface area (Å²) in [5.41, 5.74) is 9.84. The van der Waals surface area contributed by atoms with Crippen molar-refractivity contribution in [3.05, 3.63) is 129 Å². The third kappa shape index (κ3) is 6.99. The molecule has 0 saturated carbocycles. The average molecular weight is 560 g/mol. The number of nitrogens with one attached hydrogen (secondary N) is 2. The number of nitrogens with two attached hydrogens (primary N) is 1. The van der Waals surface area contributed by atoms with E-state index >= 15 is 0 Å². The molecule has 8 heteroatoms. The number of amides is 1. The largest absolute Gasteiger partial charge is 0.478 e. The highest BCUT2D eigenvalue weighted by Gasteiger charge is 2.37. The van der Waals surface area contributed by atoms with Crippen LogP contribution in [-0.2, 0) is 14.3 Å². The topological polar surface area (TPSA) is 114 Å². The molecular formula is C32H34ClN3O4. The van der Waals surface area contributed by atoms with Crippen LogP contribution < -0.4 is 16.4 Å². The number of benzene rings is 3. The molecule has 1 unspecified atom stereocenters. The minimum absolute atomic E-state index is 0.0777. The molecule has 1 aliphatic heterocycles. The van der Waals surface area contributed by atoms with Crippen LogP contribution in [0.5, 0.6) is 0 Å². The van der Waals surface area contributed by atoms with Crippen LogP contribution in [0.15, 0.2) is 107 Å². The first-order valence-corrected chi connectivity index (χ1v) is 13.6. The number of carbonyl (C=O) groups excluding carboxylic acids is 1. The van der Waals surface area contributed by atoms with Gasteiger partial charge in [-0.15, -0.1) is 0 Å². The standard InChI is InChI=1S/C32H34ClN3O4/c1-21-28(32(38)39)29(24-13-8-14-25(33)19-24)30(27(36-21)20-40-18-16-34)31(37)35-17-15-26(22-9-4-2-5-10-22)23-11-6-3-7-12-23/h2-14,19,26,29,36H,15-18,20,34H2,1H3,(H,35,37)(H,38,39). The highest BCUT2D eigenvalue weighted by Crippen LogP contribution is 2.39. The first kappa shape index (κ1) is 29.1. The molecule has 3 aromatic rings. The number of carbonyl (C=O) groups is 2. The second-order valence-corrected chi connectivity index (χ2v) is 10.0. The monoisotopic (exact) mass is 559 g/mol. The minimum Gasteiger partial charge on any atom is -0.478 e. The number of dihydropyridines is 1. The number of carboxylic acid groups (broad SMARTS) is 1. The average Bonchev–Trinajstić information content (AvgIpc) is 2.95. The zero-order chi connectivity index (χ0) is 28.5. The normalized spacial score (nSPS) is 15.2. The molecule has 0 spiro atoms. The number of rotatable bonds is 12. The van der Waals surface area contributed by atoms with Crippen LogP contribution in [0.4, 0.5) is 0 Å². The van der Waals surface area contributed by atoms with Gasteiger partial charge in [-0.3, -0.25) is 4.79 Å². The van der Waals surface area contributed by atoms with E-state index in [1.165, 1.54) is 0 Å². The molecule has 4 rings (SSSR count). The highest BCUT2D eigenvalue weighted by molar-refractivity contribution is 6.30. The number of aliphatic carboxylic acids is 1. The summed E-state index contributed by atoms with van der Waals surface area (Å²) in [6, 6.07) is 27.3. The SMILES string of the molecule is CC1=C(C(=O)O)C(c2cccc(Cl)c2)C(C(=O)NCCC(c2ccccc2)c2ccccc2)=C(COCCN)N1. The minimum atomic E-state index is -1.12. The van der Waals surface area contributed by atoms with Crippen molar-refractivity contribution in [1.82, 2.24) is 10.6 Å². The Morgan fingerprint density at radius 2 is 1.65 bits per heavy atom. The second kappa shape index (κ2) is 13.9. The number of carboxylic acids is 1. The Labute approximate surface area is 239 Å². The van der Waals surface area contributed by atoms with Crippen molar-refractivity contribution in [3.8, 4) is 0 Å². The van der Waals surface area contributed by atoms with E-state index in [0.29, 0.717) is 53.7 Å². The van der Waals surface area contributed by atoms with Gasteiger partial charge in [0.15, 0.2) is 0 Å². The molecule has 1 atom stereocenters. The molecule has 0 bridgehead atoms. The Bertz CT molecular complexity index is 1350. The fourth-order valence-electron chi connectivity index (χ4n) is 5.16. The molecule has 0 radical (unpaired) electrons. The van der Waals surface area contributed by atoms with Crippen LogP contribution in [0.2, 0.25) is 5.02 Å². The number of ether oxygens (including phenoxy) is 1. The maximum Gasteiger partial charge on any atom is 0.334 e. The first-order chi connectivity index (χ1) is 19.4. The lowest BCUT2D eigenvalue weighted by Gasteiger charge is -2.31. The van der Waals surface area contributed by atoms with E-state index in [1.54, 1.807) is 31.2 Å². The van der Waals surface area contributed by atoms with Crippen molar-refractivity contribution < 1.29 is 19.4 Å². The Balaban J connectivity index is 1.65. The molecule has 5 N–H and O–H groups in total. The Morgan fingerprint density at radius 1 is 1.00 bits per heavy atom. The molecule has 1 amide bonds. The van der Waals surface area contributed by atoms with Crippen molar-refractivity contribution in [3.63, 3.8) is 0 Å². The van der Waals surface area contributed by atoms with Crippen LogP contribution in [0.1, 0.15) is 41.9 Å². The van der Waals surface area contributed by atoms with Crippen molar-refractivity contribution in [2.45, 2.75) is 25.2 Å². The zero-order valence-electron chi connectivity index (χ0n) is 22.4. The van der Waals surface area contributed by atoms with Crippen LogP contribution >= 0.6 is 11.6 Å². The van der Waals surface area contributed by atoms with Crippen LogP contribution in [-0.4, -0.2) is 43.3 Å². The van der Waals surface area contributed by atoms with E-state index in [1.807, 2.05) is 36.4 Å². The van der Waals surface area contributed by atoms with Crippen LogP contribution in [0.3, 0.4) is 0 Å². The lowest BCUT2D eigenvalue weighted by Crippen LogP contribution is -2.38. The summed E-state index contributed by atoms with van der Waals surface area (Å²) in [6.07, 6.45) is 0.655. The second-order valence-electron chi connectivity index (χ2n) is 9.61. The lowest BCUT2D eigenvalue weighted by molar-refractivity contribution is -0.133. The molecule has 0 aromatic heterocycles. The fraction of sp³-hybridized carbons (Fsp3) is 0.250. The highest BCUT2D eigenvalue weighted by atomic mass is 35.5. The van der Waals surface area contributed by atoms with Gasteiger partial charge in [0.25, 0.3) is 0 Å². The molecule has 40 heavy (non-hydrogen) atoms. The number of allylic oxidation sites excluding steroid dienone is 1. The van der Waals surface area contributed by atoms with Gasteiger partial charge in [0.05, 0.1) is 36.0 Å². The van der Waals surface area contributed by atoms with E-state index in [-0.39, 0.29) is 24.0 Å². The smallest absolute Gasteiger partial charge is 0.334 e. The Kier molecular flexibility index (Phi) is 10.1. The number of hydrogen-bond acceptors (Lipinski definition) is 5. The quantitative estimate of drug-likeness (QED) is 0.233. The summed E-state index contributed by atoms with van der Waals surface area (Å²) in [7, 11) is 0. The summed E-state index contributed by atoms with van der Waals surface area (Å²) in [4.78, 5) is 26.4. The molecule has 0 fully saturated rings. The summed E-state index contributed by atoms with van der Waals surface area (Å²) >= 11 is 6.29. The number of hydrogen-bond donors (Lipinski definition) is 4. The molecular weight excluding hydrogens is 526 g/mol. The molecule has 7 nitrogen and oxygen atoms in total. The van der Waals surface area contributed by atoms with Gasteiger partial charge in [0.1, 0.15) is 0 Å². The first-order valence-electron chi connectivity index (χ1n) is 13.3. The zero-order valence-corrected chi connectivity index (χ0v) is 23.2. The van der Waals surface area contributed by atoms with Crippen LogP contribution in [0, 0.1) is 0 Å². The van der Waals surface area contributed by atoms with E-state index in [2.05, 4.69) is 34.9 Å². The van der Waals surface area contributed by atoms with Crippen molar-refractivity contribution in [2.75, 3.05) is 26.3 Å². The molecule has 0 saturated heterocycles. The van der Waals surface area contributed by atoms with Gasteiger partial charge < -0.3 is 26.2 Å². The molecule has 0 aliphatic carbocycles. The fourth-order valence-corrected chi connectivity index (χ4v) is 5.36. The Morgan fingerprint density at radius 3 is 2.23 bits per heavy atom. The van der Waals surface area contributed by atoms with Gasteiger partial charge >= 0.3 is 5.97 Å². The maximum absolute atomic E-state index is 13.9. The van der Waals surface area contributed by atoms with Gasteiger partial charge in [-0.2, -0.15) is 0 Å².